The first-order valence-corrected chi connectivity index (χ1v) is 6.81. The molecule has 96 valence electrons. The van der Waals surface area contributed by atoms with E-state index in [1.165, 1.54) is 6.92 Å². The Balaban J connectivity index is 2.60. The van der Waals surface area contributed by atoms with Gasteiger partial charge in [0.2, 0.25) is 0 Å². The lowest BCUT2D eigenvalue weighted by atomic mass is 9.85. The lowest BCUT2D eigenvalue weighted by molar-refractivity contribution is -0.0452. The van der Waals surface area contributed by atoms with Crippen molar-refractivity contribution in [2.24, 2.45) is 5.92 Å². The zero-order valence-corrected chi connectivity index (χ0v) is 9.87. The fourth-order valence-electron chi connectivity index (χ4n) is 2.04. The first-order chi connectivity index (χ1) is 7.24. The molecule has 1 N–H and O–H groups in total. The molecule has 7 heteroatoms. The largest absolute Gasteiger partial charge is 0.511 e. The summed E-state index contributed by atoms with van der Waals surface area (Å²) < 4.78 is 59.8. The minimum absolute atomic E-state index is 0.0193. The van der Waals surface area contributed by atoms with Crippen molar-refractivity contribution in [2.75, 3.05) is 0 Å². The molecule has 0 radical (unpaired) electrons. The Kier molecular flexibility index (Phi) is 4.23. The van der Waals surface area contributed by atoms with Crippen LogP contribution in [0.1, 0.15) is 39.0 Å². The highest BCUT2D eigenvalue weighted by Gasteiger charge is 2.46. The molecule has 0 aliphatic heterocycles. The van der Waals surface area contributed by atoms with E-state index in [-0.39, 0.29) is 5.92 Å². The van der Waals surface area contributed by atoms with Gasteiger partial charge in [0.15, 0.2) is 0 Å². The molecule has 3 nitrogen and oxygen atoms in total. The first-order valence-electron chi connectivity index (χ1n) is 5.32. The molecule has 1 atom stereocenters. The Morgan fingerprint density at radius 1 is 1.19 bits per heavy atom. The van der Waals surface area contributed by atoms with E-state index in [0.717, 1.165) is 32.1 Å². The average molecular weight is 259 g/mol. The predicted molar refractivity (Wildman–Crippen MR) is 54.1 cm³/mol. The molecule has 16 heavy (non-hydrogen) atoms. The molecule has 0 aromatic carbocycles. The Bertz CT molecular complexity index is 320. The lowest BCUT2D eigenvalue weighted by Crippen LogP contribution is -2.44. The predicted octanol–water partition coefficient (Wildman–Crippen LogP) is 2.39. The smallest absolute Gasteiger partial charge is 0.204 e. The maximum Gasteiger partial charge on any atom is 0.511 e. The van der Waals surface area contributed by atoms with Crippen LogP contribution in [0, 0.1) is 5.92 Å². The minimum Gasteiger partial charge on any atom is -0.204 e. The third kappa shape index (κ3) is 3.35. The van der Waals surface area contributed by atoms with Crippen LogP contribution < -0.4 is 4.72 Å². The summed E-state index contributed by atoms with van der Waals surface area (Å²) in [5, 5.41) is 0. The van der Waals surface area contributed by atoms with E-state index in [0.29, 0.717) is 0 Å². The fourth-order valence-corrected chi connectivity index (χ4v) is 2.86. The lowest BCUT2D eigenvalue weighted by Gasteiger charge is -2.28. The zero-order valence-electron chi connectivity index (χ0n) is 9.05. The molecule has 1 fully saturated rings. The van der Waals surface area contributed by atoms with Gasteiger partial charge in [0.1, 0.15) is 0 Å². The fraction of sp³-hybridized carbons (Fsp3) is 1.00. The van der Waals surface area contributed by atoms with Gasteiger partial charge in [-0.05, 0) is 25.7 Å². The molecule has 1 rings (SSSR count). The van der Waals surface area contributed by atoms with Crippen LogP contribution >= 0.6 is 0 Å². The van der Waals surface area contributed by atoms with Crippen molar-refractivity contribution in [2.45, 2.75) is 50.6 Å². The van der Waals surface area contributed by atoms with Crippen LogP contribution in [0.3, 0.4) is 0 Å². The van der Waals surface area contributed by atoms with E-state index in [9.17, 15) is 21.6 Å². The highest BCUT2D eigenvalue weighted by molar-refractivity contribution is 7.90. The molecule has 0 aromatic rings. The van der Waals surface area contributed by atoms with Crippen molar-refractivity contribution in [3.05, 3.63) is 0 Å². The maximum absolute atomic E-state index is 12.1. The van der Waals surface area contributed by atoms with E-state index in [4.69, 9.17) is 0 Å². The molecule has 0 heterocycles. The van der Waals surface area contributed by atoms with Crippen molar-refractivity contribution in [1.29, 1.82) is 0 Å². The highest BCUT2D eigenvalue weighted by Crippen LogP contribution is 2.28. The summed E-state index contributed by atoms with van der Waals surface area (Å²) in [5.41, 5.74) is -5.21. The number of hydrogen-bond acceptors (Lipinski definition) is 2. The molecule has 0 spiro atoms. The van der Waals surface area contributed by atoms with Gasteiger partial charge < -0.3 is 0 Å². The van der Waals surface area contributed by atoms with Crippen molar-refractivity contribution >= 4 is 10.0 Å². The monoisotopic (exact) mass is 259 g/mol. The van der Waals surface area contributed by atoms with Crippen molar-refractivity contribution in [3.63, 3.8) is 0 Å². The number of rotatable bonds is 3. The summed E-state index contributed by atoms with van der Waals surface area (Å²) >= 11 is 0. The Labute approximate surface area is 93.5 Å². The number of hydrogen-bond donors (Lipinski definition) is 1. The van der Waals surface area contributed by atoms with Crippen molar-refractivity contribution in [3.8, 4) is 0 Å². The van der Waals surface area contributed by atoms with Gasteiger partial charge in [-0.3, -0.25) is 0 Å². The van der Waals surface area contributed by atoms with Gasteiger partial charge >= 0.3 is 15.5 Å². The third-order valence-electron chi connectivity index (χ3n) is 3.00. The number of nitrogens with one attached hydrogen (secondary N) is 1. The summed E-state index contributed by atoms with van der Waals surface area (Å²) in [5.74, 6) is 0.0193. The van der Waals surface area contributed by atoms with E-state index in [2.05, 4.69) is 0 Å². The molecule has 0 saturated heterocycles. The number of sulfonamides is 1. The van der Waals surface area contributed by atoms with Crippen molar-refractivity contribution < 1.29 is 21.6 Å². The molecular formula is C9H16F3NO2S. The van der Waals surface area contributed by atoms with Gasteiger partial charge in [0, 0.05) is 6.04 Å². The average Bonchev–Trinajstić information content (AvgIpc) is 2.16. The second-order valence-corrected chi connectivity index (χ2v) is 5.96. The van der Waals surface area contributed by atoms with Crippen molar-refractivity contribution in [1.82, 2.24) is 4.72 Å². The zero-order chi connectivity index (χ0) is 12.4. The molecule has 1 saturated carbocycles. The minimum atomic E-state index is -5.21. The quantitative estimate of drug-likeness (QED) is 0.846. The molecule has 0 amide bonds. The van der Waals surface area contributed by atoms with Gasteiger partial charge in [-0.1, -0.05) is 19.3 Å². The highest BCUT2D eigenvalue weighted by atomic mass is 32.2. The van der Waals surface area contributed by atoms with Crippen LogP contribution in [-0.2, 0) is 10.0 Å². The van der Waals surface area contributed by atoms with Gasteiger partial charge in [0.25, 0.3) is 0 Å². The van der Waals surface area contributed by atoms with E-state index < -0.39 is 21.6 Å². The molecule has 1 aliphatic carbocycles. The van der Waals surface area contributed by atoms with Crippen LogP contribution in [0.2, 0.25) is 0 Å². The molecule has 1 aliphatic rings. The normalized spacial score (nSPS) is 22.0. The van der Waals surface area contributed by atoms with Crippen LogP contribution in [0.4, 0.5) is 13.2 Å². The molecule has 1 unspecified atom stereocenters. The summed E-state index contributed by atoms with van der Waals surface area (Å²) in [6.07, 6.45) is 4.59. The molecule has 0 aromatic heterocycles. The van der Waals surface area contributed by atoms with Gasteiger partial charge in [-0.15, -0.1) is 0 Å². The summed E-state index contributed by atoms with van der Waals surface area (Å²) in [7, 11) is -5.20. The molecular weight excluding hydrogens is 243 g/mol. The Morgan fingerprint density at radius 2 is 1.69 bits per heavy atom. The maximum atomic E-state index is 12.1. The topological polar surface area (TPSA) is 46.2 Å². The first kappa shape index (κ1) is 13.8. The summed E-state index contributed by atoms with van der Waals surface area (Å²) in [6.45, 7) is 1.50. The Morgan fingerprint density at radius 3 is 2.12 bits per heavy atom. The summed E-state index contributed by atoms with van der Waals surface area (Å²) in [4.78, 5) is 0. The standard InChI is InChI=1S/C9H16F3NO2S/c1-7(8-5-3-2-4-6-8)13-16(14,15)9(10,11)12/h7-8,13H,2-6H2,1H3. The van der Waals surface area contributed by atoms with Crippen LogP contribution in [-0.4, -0.2) is 20.0 Å². The van der Waals surface area contributed by atoms with Gasteiger partial charge in [-0.25, -0.2) is 13.1 Å². The van der Waals surface area contributed by atoms with Crippen LogP contribution in [0.5, 0.6) is 0 Å². The van der Waals surface area contributed by atoms with Gasteiger partial charge in [0.05, 0.1) is 0 Å². The second kappa shape index (κ2) is 4.91. The molecule has 0 bridgehead atoms. The van der Waals surface area contributed by atoms with E-state index in [1.54, 1.807) is 4.72 Å². The SMILES string of the molecule is CC(NS(=O)(=O)C(F)(F)F)C1CCCCC1. The Hall–Kier alpha value is -0.300. The van der Waals surface area contributed by atoms with Gasteiger partial charge in [-0.2, -0.15) is 13.2 Å². The number of halogens is 3. The second-order valence-electron chi connectivity index (χ2n) is 4.25. The third-order valence-corrected chi connectivity index (χ3v) is 4.29. The van der Waals surface area contributed by atoms with Crippen LogP contribution in [0.25, 0.3) is 0 Å². The summed E-state index contributed by atoms with van der Waals surface area (Å²) in [6, 6.07) is -0.646. The van der Waals surface area contributed by atoms with Crippen LogP contribution in [0.15, 0.2) is 0 Å². The van der Waals surface area contributed by atoms with E-state index >= 15 is 0 Å². The number of alkyl halides is 3. The van der Waals surface area contributed by atoms with E-state index in [1.807, 2.05) is 0 Å².